The minimum Gasteiger partial charge on any atom is -0.462 e. The zero-order valence-electron chi connectivity index (χ0n) is 12.1. The first kappa shape index (κ1) is 13.3. The van der Waals surface area contributed by atoms with Gasteiger partial charge in [-0.25, -0.2) is 14.8 Å². The summed E-state index contributed by atoms with van der Waals surface area (Å²) in [5.41, 5.74) is 1.33. The highest BCUT2D eigenvalue weighted by molar-refractivity contribution is 5.90. The molecule has 3 rings (SSSR count). The maximum Gasteiger partial charge on any atom is 0.341 e. The van der Waals surface area contributed by atoms with Gasteiger partial charge in [0.2, 0.25) is 5.95 Å². The lowest BCUT2D eigenvalue weighted by Crippen LogP contribution is -2.25. The number of rotatable bonds is 5. The zero-order chi connectivity index (χ0) is 14.1. The first-order valence-corrected chi connectivity index (χ1v) is 7.50. The Morgan fingerprint density at radius 3 is 2.80 bits per heavy atom. The predicted molar refractivity (Wildman–Crippen MR) is 75.8 cm³/mol. The molecular weight excluding hydrogens is 254 g/mol. The topological polar surface area (TPSA) is 55.3 Å². The number of fused-ring (bicyclic) bond motifs is 1. The molecule has 1 saturated carbocycles. The number of piperidine rings is 1. The van der Waals surface area contributed by atoms with Crippen LogP contribution in [0.2, 0.25) is 0 Å². The molecule has 2 fully saturated rings. The van der Waals surface area contributed by atoms with E-state index in [1.165, 1.54) is 6.42 Å². The normalized spacial score (nSPS) is 23.6. The zero-order valence-corrected chi connectivity index (χ0v) is 12.1. The van der Waals surface area contributed by atoms with E-state index in [4.69, 9.17) is 4.74 Å². The fourth-order valence-corrected chi connectivity index (χ4v) is 2.93. The molecule has 0 aromatic carbocycles. The third kappa shape index (κ3) is 2.49. The quantitative estimate of drug-likeness (QED) is 0.770. The second-order valence-electron chi connectivity index (χ2n) is 5.66. The summed E-state index contributed by atoms with van der Waals surface area (Å²) in [5, 5.41) is 0. The molecule has 2 aliphatic rings. The van der Waals surface area contributed by atoms with Gasteiger partial charge in [-0.15, -0.1) is 0 Å². The Balaban J connectivity index is 1.82. The van der Waals surface area contributed by atoms with Gasteiger partial charge in [0.05, 0.1) is 17.9 Å². The van der Waals surface area contributed by atoms with Crippen molar-refractivity contribution in [1.29, 1.82) is 0 Å². The van der Waals surface area contributed by atoms with E-state index in [9.17, 15) is 4.79 Å². The summed E-state index contributed by atoms with van der Waals surface area (Å²) in [5.74, 6) is 2.15. The van der Waals surface area contributed by atoms with Crippen molar-refractivity contribution < 1.29 is 9.53 Å². The van der Waals surface area contributed by atoms with Crippen LogP contribution in [0.5, 0.6) is 0 Å². The Morgan fingerprint density at radius 2 is 2.15 bits per heavy atom. The molecular formula is C15H21N3O2. The number of ether oxygens (including phenoxy) is 1. The Hall–Kier alpha value is -1.65. The van der Waals surface area contributed by atoms with Crippen LogP contribution in [0.4, 0.5) is 5.95 Å². The van der Waals surface area contributed by atoms with Gasteiger partial charge in [-0.1, -0.05) is 13.3 Å². The second-order valence-corrected chi connectivity index (χ2v) is 5.66. The molecule has 2 unspecified atom stereocenters. The summed E-state index contributed by atoms with van der Waals surface area (Å²) >= 11 is 0. The van der Waals surface area contributed by atoms with Gasteiger partial charge in [-0.3, -0.25) is 0 Å². The number of hydrogen-bond donors (Lipinski definition) is 0. The molecule has 0 amide bonds. The lowest BCUT2D eigenvalue weighted by atomic mass is 10.1. The van der Waals surface area contributed by atoms with Crippen LogP contribution in [0.1, 0.15) is 42.7 Å². The van der Waals surface area contributed by atoms with Gasteiger partial charge in [0, 0.05) is 19.3 Å². The first-order valence-electron chi connectivity index (χ1n) is 7.50. The molecule has 0 spiro atoms. The number of aryl methyl sites for hydroxylation is 1. The minimum atomic E-state index is -0.313. The summed E-state index contributed by atoms with van der Waals surface area (Å²) in [6.07, 6.45) is 4.73. The van der Waals surface area contributed by atoms with E-state index in [0.717, 1.165) is 49.4 Å². The molecule has 1 saturated heterocycles. The lowest BCUT2D eigenvalue weighted by molar-refractivity contribution is 0.0524. The minimum absolute atomic E-state index is 0.313. The fraction of sp³-hybridized carbons (Fsp3) is 0.667. The predicted octanol–water partition coefficient (Wildman–Crippen LogP) is 2.06. The molecule has 5 heteroatoms. The van der Waals surface area contributed by atoms with E-state index in [2.05, 4.69) is 21.8 Å². The van der Waals surface area contributed by atoms with Crippen molar-refractivity contribution in [2.24, 2.45) is 11.8 Å². The third-order valence-corrected chi connectivity index (χ3v) is 4.10. The SMILES string of the molecule is CCCc1nc(N2CC3CC3C2)ncc1C(=O)OCC. The Kier molecular flexibility index (Phi) is 3.59. The third-order valence-electron chi connectivity index (χ3n) is 4.10. The maximum atomic E-state index is 11.9. The lowest BCUT2D eigenvalue weighted by Gasteiger charge is -2.19. The number of carbonyl (C=O) groups is 1. The van der Waals surface area contributed by atoms with Gasteiger partial charge in [-0.05, 0) is 31.6 Å². The Bertz CT molecular complexity index is 508. The highest BCUT2D eigenvalue weighted by Gasteiger charge is 2.45. The van der Waals surface area contributed by atoms with Crippen LogP contribution in [0.25, 0.3) is 0 Å². The van der Waals surface area contributed by atoms with Crippen molar-refractivity contribution >= 4 is 11.9 Å². The molecule has 1 aromatic rings. The molecule has 20 heavy (non-hydrogen) atoms. The van der Waals surface area contributed by atoms with Gasteiger partial charge in [0.25, 0.3) is 0 Å². The van der Waals surface area contributed by atoms with Crippen LogP contribution in [-0.2, 0) is 11.2 Å². The van der Waals surface area contributed by atoms with E-state index in [-0.39, 0.29) is 5.97 Å². The average molecular weight is 275 g/mol. The molecule has 1 aromatic heterocycles. The molecule has 0 bridgehead atoms. The van der Waals surface area contributed by atoms with Crippen molar-refractivity contribution in [1.82, 2.24) is 9.97 Å². The summed E-state index contributed by atoms with van der Waals surface area (Å²) < 4.78 is 5.07. The van der Waals surface area contributed by atoms with Crippen molar-refractivity contribution in [3.05, 3.63) is 17.5 Å². The summed E-state index contributed by atoms with van der Waals surface area (Å²) in [4.78, 5) is 23.2. The van der Waals surface area contributed by atoms with Crippen LogP contribution in [0, 0.1) is 11.8 Å². The molecule has 1 aliphatic heterocycles. The average Bonchev–Trinajstić information content (AvgIpc) is 3.06. The van der Waals surface area contributed by atoms with Gasteiger partial charge in [0.1, 0.15) is 0 Å². The molecule has 2 atom stereocenters. The van der Waals surface area contributed by atoms with Gasteiger partial charge in [-0.2, -0.15) is 0 Å². The fourth-order valence-electron chi connectivity index (χ4n) is 2.93. The largest absolute Gasteiger partial charge is 0.462 e. The summed E-state index contributed by atoms with van der Waals surface area (Å²) in [6.45, 7) is 6.40. The molecule has 0 N–H and O–H groups in total. The van der Waals surface area contributed by atoms with Crippen molar-refractivity contribution in [3.63, 3.8) is 0 Å². The monoisotopic (exact) mass is 275 g/mol. The second kappa shape index (κ2) is 5.38. The van der Waals surface area contributed by atoms with Crippen LogP contribution in [0.15, 0.2) is 6.20 Å². The highest BCUT2D eigenvalue weighted by Crippen LogP contribution is 2.45. The van der Waals surface area contributed by atoms with Crippen LogP contribution in [-0.4, -0.2) is 35.6 Å². The highest BCUT2D eigenvalue weighted by atomic mass is 16.5. The molecule has 0 radical (unpaired) electrons. The number of hydrogen-bond acceptors (Lipinski definition) is 5. The number of aromatic nitrogens is 2. The number of anilines is 1. The molecule has 2 heterocycles. The van der Waals surface area contributed by atoms with Crippen LogP contribution in [0.3, 0.4) is 0 Å². The molecule has 5 nitrogen and oxygen atoms in total. The van der Waals surface area contributed by atoms with E-state index in [1.807, 2.05) is 6.92 Å². The summed E-state index contributed by atoms with van der Waals surface area (Å²) in [7, 11) is 0. The Labute approximate surface area is 119 Å². The maximum absolute atomic E-state index is 11.9. The van der Waals surface area contributed by atoms with Crippen molar-refractivity contribution in [2.75, 3.05) is 24.6 Å². The van der Waals surface area contributed by atoms with E-state index in [1.54, 1.807) is 6.20 Å². The molecule has 108 valence electrons. The molecule has 1 aliphatic carbocycles. The number of esters is 1. The first-order chi connectivity index (χ1) is 9.72. The van der Waals surface area contributed by atoms with Gasteiger partial charge >= 0.3 is 5.97 Å². The van der Waals surface area contributed by atoms with E-state index in [0.29, 0.717) is 12.2 Å². The summed E-state index contributed by atoms with van der Waals surface area (Å²) in [6, 6.07) is 0. The van der Waals surface area contributed by atoms with Crippen LogP contribution >= 0.6 is 0 Å². The van der Waals surface area contributed by atoms with Gasteiger partial charge in [0.15, 0.2) is 0 Å². The van der Waals surface area contributed by atoms with Gasteiger partial charge < -0.3 is 9.64 Å². The Morgan fingerprint density at radius 1 is 1.40 bits per heavy atom. The van der Waals surface area contributed by atoms with Crippen molar-refractivity contribution in [2.45, 2.75) is 33.1 Å². The van der Waals surface area contributed by atoms with Crippen molar-refractivity contribution in [3.8, 4) is 0 Å². The smallest absolute Gasteiger partial charge is 0.341 e. The standard InChI is InChI=1S/C15H21N3O2/c1-3-5-13-12(14(19)20-4-2)7-16-15(17-13)18-8-10-6-11(10)9-18/h7,10-11H,3-6,8-9H2,1-2H3. The van der Waals surface area contributed by atoms with Crippen LogP contribution < -0.4 is 4.90 Å². The van der Waals surface area contributed by atoms with E-state index < -0.39 is 0 Å². The number of nitrogens with zero attached hydrogens (tertiary/aromatic N) is 3. The van der Waals surface area contributed by atoms with E-state index >= 15 is 0 Å². The number of carbonyl (C=O) groups excluding carboxylic acids is 1.